The van der Waals surface area contributed by atoms with E-state index in [1.54, 1.807) is 23.0 Å². The fourth-order valence-electron chi connectivity index (χ4n) is 2.42. The second-order valence-electron chi connectivity index (χ2n) is 5.47. The summed E-state index contributed by atoms with van der Waals surface area (Å²) in [6.45, 7) is 5.96. The first-order chi connectivity index (χ1) is 10.5. The van der Waals surface area contributed by atoms with Gasteiger partial charge in [0.05, 0.1) is 17.9 Å². The van der Waals surface area contributed by atoms with Gasteiger partial charge in [-0.1, -0.05) is 13.3 Å². The van der Waals surface area contributed by atoms with Crippen molar-refractivity contribution in [2.75, 3.05) is 0 Å². The summed E-state index contributed by atoms with van der Waals surface area (Å²) in [4.78, 5) is 11.8. The molecular formula is C17H22FN3O. The first-order valence-corrected chi connectivity index (χ1v) is 7.62. The van der Waals surface area contributed by atoms with Crippen LogP contribution in [-0.4, -0.2) is 15.7 Å². The molecule has 22 heavy (non-hydrogen) atoms. The van der Waals surface area contributed by atoms with Gasteiger partial charge in [0.1, 0.15) is 5.82 Å². The van der Waals surface area contributed by atoms with Crippen LogP contribution in [-0.2, 0) is 4.79 Å². The minimum absolute atomic E-state index is 0.0586. The molecule has 1 aromatic heterocycles. The number of rotatable bonds is 6. The molecule has 0 saturated heterocycles. The van der Waals surface area contributed by atoms with E-state index in [1.807, 2.05) is 13.8 Å². The molecule has 1 heterocycles. The lowest BCUT2D eigenvalue weighted by atomic mass is 10.1. The van der Waals surface area contributed by atoms with Gasteiger partial charge < -0.3 is 5.32 Å². The van der Waals surface area contributed by atoms with Crippen molar-refractivity contribution in [2.24, 2.45) is 0 Å². The molecule has 0 aliphatic rings. The first-order valence-electron chi connectivity index (χ1n) is 7.62. The molecule has 1 aromatic carbocycles. The van der Waals surface area contributed by atoms with Crippen LogP contribution in [0.4, 0.5) is 4.39 Å². The van der Waals surface area contributed by atoms with Crippen molar-refractivity contribution in [3.8, 4) is 5.69 Å². The summed E-state index contributed by atoms with van der Waals surface area (Å²) in [5, 5.41) is 7.34. The van der Waals surface area contributed by atoms with E-state index >= 15 is 0 Å². The molecule has 0 radical (unpaired) electrons. The second kappa shape index (κ2) is 7.20. The van der Waals surface area contributed by atoms with Gasteiger partial charge in [0, 0.05) is 17.7 Å². The Morgan fingerprint density at radius 3 is 2.68 bits per heavy atom. The topological polar surface area (TPSA) is 46.9 Å². The number of benzene rings is 1. The molecule has 0 aliphatic carbocycles. The van der Waals surface area contributed by atoms with Crippen molar-refractivity contribution in [2.45, 2.75) is 46.1 Å². The third kappa shape index (κ3) is 3.72. The van der Waals surface area contributed by atoms with Crippen molar-refractivity contribution in [1.29, 1.82) is 0 Å². The number of carbonyl (C=O) groups excluding carboxylic acids is 1. The Hall–Kier alpha value is -2.17. The first kappa shape index (κ1) is 16.2. The minimum Gasteiger partial charge on any atom is -0.349 e. The largest absolute Gasteiger partial charge is 0.349 e. The summed E-state index contributed by atoms with van der Waals surface area (Å²) in [6, 6.07) is 6.09. The number of hydrogen-bond acceptors (Lipinski definition) is 2. The van der Waals surface area contributed by atoms with Crippen LogP contribution >= 0.6 is 0 Å². The molecule has 118 valence electrons. The van der Waals surface area contributed by atoms with Crippen LogP contribution in [0.1, 0.15) is 50.4 Å². The van der Waals surface area contributed by atoms with Gasteiger partial charge in [-0.15, -0.1) is 0 Å². The van der Waals surface area contributed by atoms with Crippen LogP contribution in [0.2, 0.25) is 0 Å². The molecule has 0 aliphatic heterocycles. The second-order valence-corrected chi connectivity index (χ2v) is 5.47. The van der Waals surface area contributed by atoms with Gasteiger partial charge >= 0.3 is 0 Å². The van der Waals surface area contributed by atoms with Crippen molar-refractivity contribution in [3.05, 3.63) is 47.5 Å². The predicted octanol–water partition coefficient (Wildman–Crippen LogP) is 3.69. The van der Waals surface area contributed by atoms with Crippen molar-refractivity contribution >= 4 is 5.91 Å². The maximum Gasteiger partial charge on any atom is 0.220 e. The van der Waals surface area contributed by atoms with Crippen LogP contribution in [0.3, 0.4) is 0 Å². The molecule has 0 fully saturated rings. The number of aromatic nitrogens is 2. The normalized spacial score (nSPS) is 12.2. The molecule has 0 saturated carbocycles. The highest BCUT2D eigenvalue weighted by molar-refractivity contribution is 5.76. The number of unbranched alkanes of at least 4 members (excludes halogenated alkanes) is 1. The van der Waals surface area contributed by atoms with Crippen LogP contribution in [0, 0.1) is 12.7 Å². The van der Waals surface area contributed by atoms with Gasteiger partial charge in [-0.25, -0.2) is 9.07 Å². The molecule has 4 nitrogen and oxygen atoms in total. The number of carbonyl (C=O) groups is 1. The third-order valence-electron chi connectivity index (χ3n) is 3.72. The summed E-state index contributed by atoms with van der Waals surface area (Å²) < 4.78 is 14.8. The molecule has 1 unspecified atom stereocenters. The number of hydrogen-bond donors (Lipinski definition) is 1. The number of nitrogens with one attached hydrogen (secondary N) is 1. The summed E-state index contributed by atoms with van der Waals surface area (Å²) in [6.07, 6.45) is 4.20. The van der Waals surface area contributed by atoms with Crippen LogP contribution in [0.15, 0.2) is 30.5 Å². The lowest BCUT2D eigenvalue weighted by molar-refractivity contribution is -0.121. The van der Waals surface area contributed by atoms with E-state index in [0.717, 1.165) is 29.8 Å². The lowest BCUT2D eigenvalue weighted by Crippen LogP contribution is -2.26. The maximum absolute atomic E-state index is 13.0. The average molecular weight is 303 g/mol. The number of halogens is 1. The Morgan fingerprint density at radius 1 is 1.36 bits per heavy atom. The van der Waals surface area contributed by atoms with Crippen LogP contribution in [0.5, 0.6) is 0 Å². The van der Waals surface area contributed by atoms with E-state index < -0.39 is 0 Å². The SMILES string of the molecule is CCCCC(=O)NC(C)c1cnn(-c2ccc(F)cc2)c1C. The number of amides is 1. The standard InChI is InChI=1S/C17H22FN3O/c1-4-5-6-17(22)20-12(2)16-11-19-21(13(16)3)15-9-7-14(18)8-10-15/h7-12H,4-6H2,1-3H3,(H,20,22). The Bertz CT molecular complexity index is 634. The van der Waals surface area contributed by atoms with E-state index in [-0.39, 0.29) is 17.8 Å². The maximum atomic E-state index is 13.0. The Labute approximate surface area is 130 Å². The van der Waals surface area contributed by atoms with Gasteiger partial charge in [0.15, 0.2) is 0 Å². The fourth-order valence-corrected chi connectivity index (χ4v) is 2.42. The van der Waals surface area contributed by atoms with Crippen LogP contribution < -0.4 is 5.32 Å². The minimum atomic E-state index is -0.273. The highest BCUT2D eigenvalue weighted by Gasteiger charge is 2.16. The summed E-state index contributed by atoms with van der Waals surface area (Å²) >= 11 is 0. The van der Waals surface area contributed by atoms with E-state index in [4.69, 9.17) is 0 Å². The summed E-state index contributed by atoms with van der Waals surface area (Å²) in [7, 11) is 0. The molecule has 5 heteroatoms. The van der Waals surface area contributed by atoms with Gasteiger partial charge in [0.2, 0.25) is 5.91 Å². The van der Waals surface area contributed by atoms with E-state index in [0.29, 0.717) is 6.42 Å². The smallest absolute Gasteiger partial charge is 0.220 e. The monoisotopic (exact) mass is 303 g/mol. The fraction of sp³-hybridized carbons (Fsp3) is 0.412. The average Bonchev–Trinajstić information content (AvgIpc) is 2.88. The lowest BCUT2D eigenvalue weighted by Gasteiger charge is -2.14. The molecule has 2 aromatic rings. The molecule has 0 bridgehead atoms. The summed E-state index contributed by atoms with van der Waals surface area (Å²) in [5.41, 5.74) is 2.71. The van der Waals surface area contributed by atoms with Gasteiger partial charge in [0.25, 0.3) is 0 Å². The Kier molecular flexibility index (Phi) is 5.31. The zero-order valence-electron chi connectivity index (χ0n) is 13.3. The molecule has 1 N–H and O–H groups in total. The Morgan fingerprint density at radius 2 is 2.05 bits per heavy atom. The highest BCUT2D eigenvalue weighted by Crippen LogP contribution is 2.20. The van der Waals surface area contributed by atoms with E-state index in [9.17, 15) is 9.18 Å². The molecular weight excluding hydrogens is 281 g/mol. The summed E-state index contributed by atoms with van der Waals surface area (Å²) in [5.74, 6) is -0.214. The zero-order chi connectivity index (χ0) is 16.1. The predicted molar refractivity (Wildman–Crippen MR) is 84.3 cm³/mol. The van der Waals surface area contributed by atoms with E-state index in [1.165, 1.54) is 12.1 Å². The van der Waals surface area contributed by atoms with Gasteiger partial charge in [-0.2, -0.15) is 5.10 Å². The van der Waals surface area contributed by atoms with E-state index in [2.05, 4.69) is 17.3 Å². The van der Waals surface area contributed by atoms with Gasteiger partial charge in [-0.3, -0.25) is 4.79 Å². The van der Waals surface area contributed by atoms with Gasteiger partial charge in [-0.05, 0) is 44.5 Å². The highest BCUT2D eigenvalue weighted by atomic mass is 19.1. The molecule has 0 spiro atoms. The quantitative estimate of drug-likeness (QED) is 0.884. The zero-order valence-corrected chi connectivity index (χ0v) is 13.3. The van der Waals surface area contributed by atoms with Crippen molar-refractivity contribution in [3.63, 3.8) is 0 Å². The Balaban J connectivity index is 2.13. The van der Waals surface area contributed by atoms with Crippen LogP contribution in [0.25, 0.3) is 5.69 Å². The van der Waals surface area contributed by atoms with Crippen molar-refractivity contribution in [1.82, 2.24) is 15.1 Å². The molecule has 1 amide bonds. The van der Waals surface area contributed by atoms with Crippen molar-refractivity contribution < 1.29 is 9.18 Å². The number of nitrogens with zero attached hydrogens (tertiary/aromatic N) is 2. The molecule has 2 rings (SSSR count). The third-order valence-corrected chi connectivity index (χ3v) is 3.72. The molecule has 1 atom stereocenters.